The third-order valence-corrected chi connectivity index (χ3v) is 6.24. The van der Waals surface area contributed by atoms with E-state index in [2.05, 4.69) is 45.4 Å². The molecule has 1 aliphatic heterocycles. The molecule has 0 atom stereocenters. The molecule has 1 aromatic carbocycles. The molecule has 27 heavy (non-hydrogen) atoms. The van der Waals surface area contributed by atoms with Gasteiger partial charge in [0.05, 0.1) is 22.5 Å². The number of hydrogen-bond acceptors (Lipinski definition) is 6. The highest BCUT2D eigenvalue weighted by atomic mass is 32.2. The molecular formula is C19H27N5O2S. The Hall–Kier alpha value is -2.19. The zero-order valence-corrected chi connectivity index (χ0v) is 17.1. The number of anilines is 2. The smallest absolute Gasteiger partial charge is 0.262 e. The molecule has 0 saturated carbocycles. The highest BCUT2D eigenvalue weighted by molar-refractivity contribution is 7.92. The van der Waals surface area contributed by atoms with Crippen LogP contribution in [0.5, 0.6) is 0 Å². The lowest BCUT2D eigenvalue weighted by Gasteiger charge is -2.32. The number of nitrogens with zero attached hydrogens (tertiary/aromatic N) is 4. The van der Waals surface area contributed by atoms with Crippen LogP contribution in [0.25, 0.3) is 0 Å². The van der Waals surface area contributed by atoms with Gasteiger partial charge in [-0.25, -0.2) is 18.4 Å². The Morgan fingerprint density at radius 2 is 1.70 bits per heavy atom. The summed E-state index contributed by atoms with van der Waals surface area (Å²) in [4.78, 5) is 13.5. The van der Waals surface area contributed by atoms with Gasteiger partial charge in [0.2, 0.25) is 5.95 Å². The van der Waals surface area contributed by atoms with Crippen molar-refractivity contribution in [2.75, 3.05) is 42.8 Å². The molecular weight excluding hydrogens is 362 g/mol. The van der Waals surface area contributed by atoms with Crippen LogP contribution in [0.15, 0.2) is 35.4 Å². The normalized spacial score (nSPS) is 16.0. The number of nitrogens with one attached hydrogen (secondary N) is 1. The van der Waals surface area contributed by atoms with Gasteiger partial charge in [0, 0.05) is 26.2 Å². The lowest BCUT2D eigenvalue weighted by Crippen LogP contribution is -2.45. The van der Waals surface area contributed by atoms with E-state index in [0.717, 1.165) is 31.7 Å². The van der Waals surface area contributed by atoms with E-state index in [9.17, 15) is 8.42 Å². The number of aryl methyl sites for hydroxylation is 1. The van der Waals surface area contributed by atoms with E-state index >= 15 is 0 Å². The quantitative estimate of drug-likeness (QED) is 0.846. The van der Waals surface area contributed by atoms with E-state index in [0.29, 0.717) is 23.2 Å². The van der Waals surface area contributed by atoms with Gasteiger partial charge in [-0.15, -0.1) is 0 Å². The van der Waals surface area contributed by atoms with Gasteiger partial charge in [-0.05, 0) is 37.6 Å². The summed E-state index contributed by atoms with van der Waals surface area (Å²) in [6.45, 7) is 9.59. The van der Waals surface area contributed by atoms with Crippen molar-refractivity contribution in [1.29, 1.82) is 0 Å². The second kappa shape index (κ2) is 7.82. The highest BCUT2D eigenvalue weighted by Crippen LogP contribution is 2.22. The molecule has 2 heterocycles. The van der Waals surface area contributed by atoms with Crippen LogP contribution in [0.1, 0.15) is 31.0 Å². The van der Waals surface area contributed by atoms with Crippen LogP contribution < -0.4 is 9.62 Å². The van der Waals surface area contributed by atoms with Crippen LogP contribution in [0.3, 0.4) is 0 Å². The lowest BCUT2D eigenvalue weighted by atomic mass is 10.0. The number of piperazine rings is 1. The molecule has 2 aromatic rings. The minimum Gasteiger partial charge on any atom is -0.338 e. The second-order valence-electron chi connectivity index (χ2n) is 7.29. The van der Waals surface area contributed by atoms with Gasteiger partial charge >= 0.3 is 0 Å². The molecule has 1 saturated heterocycles. The molecule has 1 aromatic heterocycles. The van der Waals surface area contributed by atoms with Gasteiger partial charge in [-0.1, -0.05) is 26.0 Å². The van der Waals surface area contributed by atoms with E-state index < -0.39 is 10.0 Å². The maximum absolute atomic E-state index is 12.7. The number of sulfonamides is 1. The van der Waals surface area contributed by atoms with Crippen molar-refractivity contribution in [3.63, 3.8) is 0 Å². The van der Waals surface area contributed by atoms with E-state index in [4.69, 9.17) is 0 Å². The van der Waals surface area contributed by atoms with Crippen LogP contribution in [-0.2, 0) is 10.0 Å². The number of hydrogen-bond donors (Lipinski definition) is 1. The van der Waals surface area contributed by atoms with Crippen molar-refractivity contribution in [2.45, 2.75) is 31.6 Å². The molecule has 0 spiro atoms. The molecule has 0 aliphatic carbocycles. The maximum atomic E-state index is 12.7. The molecule has 0 amide bonds. The fourth-order valence-corrected chi connectivity index (χ4v) is 4.05. The summed E-state index contributed by atoms with van der Waals surface area (Å²) >= 11 is 0. The summed E-state index contributed by atoms with van der Waals surface area (Å²) in [6.07, 6.45) is 1.55. The van der Waals surface area contributed by atoms with E-state index in [1.54, 1.807) is 25.3 Å². The van der Waals surface area contributed by atoms with Crippen molar-refractivity contribution < 1.29 is 8.42 Å². The van der Waals surface area contributed by atoms with E-state index in [-0.39, 0.29) is 4.90 Å². The van der Waals surface area contributed by atoms with Crippen LogP contribution in [0, 0.1) is 6.92 Å². The summed E-state index contributed by atoms with van der Waals surface area (Å²) in [5.74, 6) is 0.998. The van der Waals surface area contributed by atoms with Gasteiger partial charge in [0.15, 0.2) is 0 Å². The molecule has 7 nitrogen and oxygen atoms in total. The summed E-state index contributed by atoms with van der Waals surface area (Å²) in [6, 6.07) is 6.96. The molecule has 1 N–H and O–H groups in total. The molecule has 3 rings (SSSR count). The van der Waals surface area contributed by atoms with Gasteiger partial charge in [-0.2, -0.15) is 0 Å². The third kappa shape index (κ3) is 4.56. The highest BCUT2D eigenvalue weighted by Gasteiger charge is 2.19. The number of likely N-dealkylation sites (N-methyl/N-ethyl adjacent to an activating group) is 1. The molecule has 0 radical (unpaired) electrons. The Kier molecular flexibility index (Phi) is 5.67. The van der Waals surface area contributed by atoms with Crippen LogP contribution in [0.2, 0.25) is 0 Å². The van der Waals surface area contributed by atoms with Crippen molar-refractivity contribution >= 4 is 21.7 Å². The first-order valence-corrected chi connectivity index (χ1v) is 10.6. The van der Waals surface area contributed by atoms with Gasteiger partial charge < -0.3 is 9.80 Å². The van der Waals surface area contributed by atoms with Crippen LogP contribution >= 0.6 is 0 Å². The first kappa shape index (κ1) is 19.6. The maximum Gasteiger partial charge on any atom is 0.262 e. The first-order chi connectivity index (χ1) is 12.8. The largest absolute Gasteiger partial charge is 0.338 e. The van der Waals surface area contributed by atoms with E-state index in [1.807, 2.05) is 12.1 Å². The van der Waals surface area contributed by atoms with Gasteiger partial charge in [-0.3, -0.25) is 4.72 Å². The Balaban J connectivity index is 1.76. The lowest BCUT2D eigenvalue weighted by molar-refractivity contribution is 0.311. The van der Waals surface area contributed by atoms with Crippen LogP contribution in [0.4, 0.5) is 11.6 Å². The average Bonchev–Trinajstić information content (AvgIpc) is 2.64. The minimum absolute atomic E-state index is 0.231. The zero-order chi connectivity index (χ0) is 19.6. The zero-order valence-electron chi connectivity index (χ0n) is 16.3. The summed E-state index contributed by atoms with van der Waals surface area (Å²) in [5, 5.41) is 0. The fourth-order valence-electron chi connectivity index (χ4n) is 2.95. The Morgan fingerprint density at radius 1 is 1.07 bits per heavy atom. The molecule has 8 heteroatoms. The average molecular weight is 390 g/mol. The van der Waals surface area contributed by atoms with Crippen LogP contribution in [-0.4, -0.2) is 56.5 Å². The third-order valence-electron chi connectivity index (χ3n) is 4.85. The molecule has 0 unspecified atom stereocenters. The number of aromatic nitrogens is 2. The second-order valence-corrected chi connectivity index (χ2v) is 8.97. The van der Waals surface area contributed by atoms with Crippen molar-refractivity contribution in [3.8, 4) is 0 Å². The summed E-state index contributed by atoms with van der Waals surface area (Å²) in [5.41, 5.74) is 2.12. The van der Waals surface area contributed by atoms with Crippen molar-refractivity contribution in [3.05, 3.63) is 41.7 Å². The molecule has 146 valence electrons. The molecule has 0 bridgehead atoms. The minimum atomic E-state index is -3.67. The van der Waals surface area contributed by atoms with Gasteiger partial charge in [0.1, 0.15) is 0 Å². The Morgan fingerprint density at radius 3 is 2.26 bits per heavy atom. The first-order valence-electron chi connectivity index (χ1n) is 9.16. The SMILES string of the molecule is Cc1nc(N2CCN(C)CC2)ncc1NS(=O)(=O)c1ccc(C(C)C)cc1. The van der Waals surface area contributed by atoms with Crippen molar-refractivity contribution in [1.82, 2.24) is 14.9 Å². The summed E-state index contributed by atoms with van der Waals surface area (Å²) < 4.78 is 28.0. The van der Waals surface area contributed by atoms with Crippen molar-refractivity contribution in [2.24, 2.45) is 0 Å². The monoisotopic (exact) mass is 389 g/mol. The molecule has 1 fully saturated rings. The topological polar surface area (TPSA) is 78.4 Å². The number of benzene rings is 1. The predicted molar refractivity (Wildman–Crippen MR) is 108 cm³/mol. The standard InChI is InChI=1S/C19H27N5O2S/c1-14(2)16-5-7-17(8-6-16)27(25,26)22-18-13-20-19(21-15(18)3)24-11-9-23(4)10-12-24/h5-8,13-14,22H,9-12H2,1-4H3. The predicted octanol–water partition coefficient (Wildman–Crippen LogP) is 2.46. The van der Waals surface area contributed by atoms with Gasteiger partial charge in [0.25, 0.3) is 10.0 Å². The Labute approximate surface area is 161 Å². The van der Waals surface area contributed by atoms with E-state index in [1.165, 1.54) is 0 Å². The number of rotatable bonds is 5. The Bertz CT molecular complexity index is 889. The fraction of sp³-hybridized carbons (Fsp3) is 0.474. The molecule has 1 aliphatic rings. The summed E-state index contributed by atoms with van der Waals surface area (Å²) in [7, 11) is -1.58.